The zero-order chi connectivity index (χ0) is 19.8. The average molecular weight is 416 g/mol. The van der Waals surface area contributed by atoms with E-state index in [1.165, 1.54) is 60.6 Å². The Kier molecular flexibility index (Phi) is 8.31. The fourth-order valence-corrected chi connectivity index (χ4v) is 4.88. The fourth-order valence-electron chi connectivity index (χ4n) is 3.90. The van der Waals surface area contributed by atoms with Crippen molar-refractivity contribution in [3.8, 4) is 0 Å². The first-order valence-electron chi connectivity index (χ1n) is 10.6. The van der Waals surface area contributed by atoms with E-state index in [1.807, 2.05) is 11.3 Å². The Morgan fingerprint density at radius 2 is 2.00 bits per heavy atom. The Morgan fingerprint density at radius 1 is 1.18 bits per heavy atom. The number of benzene rings is 1. The molecule has 1 aromatic carbocycles. The summed E-state index contributed by atoms with van der Waals surface area (Å²) in [4.78, 5) is 6.32. The van der Waals surface area contributed by atoms with E-state index in [0.29, 0.717) is 0 Å². The van der Waals surface area contributed by atoms with Crippen molar-refractivity contribution in [2.45, 2.75) is 52.5 Å². The minimum atomic E-state index is 0.844. The standard InChI is InChI=1S/C23H33N3S2/c1-3-20-11-7-10-19(2)22(20)24-23(27)26(18-21-12-8-17-28-21)16-9-15-25-13-5-4-6-14-25/h7-8,10-12,17H,3-6,9,13-16,18H2,1-2H3,(H,24,27). The highest BCUT2D eigenvalue weighted by molar-refractivity contribution is 7.80. The van der Waals surface area contributed by atoms with Crippen LogP contribution in [0.15, 0.2) is 35.7 Å². The second-order valence-corrected chi connectivity index (χ2v) is 9.07. The van der Waals surface area contributed by atoms with E-state index in [1.54, 1.807) is 0 Å². The molecule has 0 saturated carbocycles. The van der Waals surface area contributed by atoms with Crippen LogP contribution in [0.2, 0.25) is 0 Å². The van der Waals surface area contributed by atoms with Gasteiger partial charge < -0.3 is 15.1 Å². The maximum Gasteiger partial charge on any atom is 0.173 e. The Morgan fingerprint density at radius 3 is 2.71 bits per heavy atom. The third-order valence-electron chi connectivity index (χ3n) is 5.54. The highest BCUT2D eigenvalue weighted by atomic mass is 32.1. The number of thiophene rings is 1. The minimum absolute atomic E-state index is 0.844. The van der Waals surface area contributed by atoms with Crippen LogP contribution in [0.5, 0.6) is 0 Å². The zero-order valence-electron chi connectivity index (χ0n) is 17.2. The molecule has 0 aliphatic carbocycles. The van der Waals surface area contributed by atoms with Crippen molar-refractivity contribution in [3.63, 3.8) is 0 Å². The molecule has 0 atom stereocenters. The number of likely N-dealkylation sites (tertiary alicyclic amines) is 1. The summed E-state index contributed by atoms with van der Waals surface area (Å²) in [5, 5.41) is 6.57. The van der Waals surface area contributed by atoms with Crippen molar-refractivity contribution in [2.24, 2.45) is 0 Å². The molecule has 152 valence electrons. The van der Waals surface area contributed by atoms with Gasteiger partial charge in [0, 0.05) is 17.1 Å². The second-order valence-electron chi connectivity index (χ2n) is 7.65. The number of nitrogens with one attached hydrogen (secondary N) is 1. The molecule has 0 radical (unpaired) electrons. The summed E-state index contributed by atoms with van der Waals surface area (Å²) >= 11 is 7.68. The Labute approximate surface area is 179 Å². The lowest BCUT2D eigenvalue weighted by Crippen LogP contribution is -2.37. The van der Waals surface area contributed by atoms with Crippen LogP contribution in [-0.2, 0) is 13.0 Å². The van der Waals surface area contributed by atoms with Gasteiger partial charge in [0.15, 0.2) is 5.11 Å². The molecule has 3 nitrogen and oxygen atoms in total. The van der Waals surface area contributed by atoms with Crippen LogP contribution < -0.4 is 5.32 Å². The average Bonchev–Trinajstić information content (AvgIpc) is 3.22. The van der Waals surface area contributed by atoms with E-state index >= 15 is 0 Å². The predicted octanol–water partition coefficient (Wildman–Crippen LogP) is 5.69. The van der Waals surface area contributed by atoms with E-state index in [4.69, 9.17) is 12.2 Å². The SMILES string of the molecule is CCc1cccc(C)c1NC(=S)N(CCCN1CCCCC1)Cc1cccs1. The molecule has 1 aliphatic rings. The Hall–Kier alpha value is -1.43. The lowest BCUT2D eigenvalue weighted by atomic mass is 10.1. The number of rotatable bonds is 8. The number of hydrogen-bond acceptors (Lipinski definition) is 3. The van der Waals surface area contributed by atoms with Gasteiger partial charge in [-0.3, -0.25) is 0 Å². The van der Waals surface area contributed by atoms with Crippen LogP contribution in [0.4, 0.5) is 5.69 Å². The summed E-state index contributed by atoms with van der Waals surface area (Å²) < 4.78 is 0. The van der Waals surface area contributed by atoms with Crippen LogP contribution in [0.25, 0.3) is 0 Å². The molecule has 5 heteroatoms. The van der Waals surface area contributed by atoms with E-state index in [-0.39, 0.29) is 0 Å². The summed E-state index contributed by atoms with van der Waals surface area (Å²) in [5.41, 5.74) is 3.76. The smallest absolute Gasteiger partial charge is 0.173 e. The molecule has 0 bridgehead atoms. The number of thiocarbonyl (C=S) groups is 1. The number of aryl methyl sites for hydroxylation is 2. The predicted molar refractivity (Wildman–Crippen MR) is 126 cm³/mol. The summed E-state index contributed by atoms with van der Waals surface area (Å²) in [6, 6.07) is 10.8. The lowest BCUT2D eigenvalue weighted by molar-refractivity contribution is 0.218. The summed E-state index contributed by atoms with van der Waals surface area (Å²) in [6.45, 7) is 9.93. The molecule has 28 heavy (non-hydrogen) atoms. The largest absolute Gasteiger partial charge is 0.344 e. The molecule has 2 heterocycles. The summed E-state index contributed by atoms with van der Waals surface area (Å²) in [6.07, 6.45) is 6.26. The third kappa shape index (κ3) is 6.03. The molecule has 0 unspecified atom stereocenters. The number of para-hydroxylation sites is 1. The van der Waals surface area contributed by atoms with Gasteiger partial charge in [0.05, 0.1) is 6.54 Å². The molecule has 1 N–H and O–H groups in total. The lowest BCUT2D eigenvalue weighted by Gasteiger charge is -2.30. The third-order valence-corrected chi connectivity index (χ3v) is 6.76. The summed E-state index contributed by atoms with van der Waals surface area (Å²) in [7, 11) is 0. The van der Waals surface area contributed by atoms with Crippen molar-refractivity contribution in [3.05, 3.63) is 51.7 Å². The van der Waals surface area contributed by atoms with Gasteiger partial charge >= 0.3 is 0 Å². The van der Waals surface area contributed by atoms with E-state index in [0.717, 1.165) is 31.0 Å². The van der Waals surface area contributed by atoms with E-state index < -0.39 is 0 Å². The number of nitrogens with zero attached hydrogens (tertiary/aromatic N) is 2. The molecular formula is C23H33N3S2. The molecule has 1 aliphatic heterocycles. The van der Waals surface area contributed by atoms with Crippen molar-refractivity contribution in [1.82, 2.24) is 9.80 Å². The van der Waals surface area contributed by atoms with Gasteiger partial charge in [-0.1, -0.05) is 37.6 Å². The quantitative estimate of drug-likeness (QED) is 0.558. The molecule has 3 rings (SSSR count). The topological polar surface area (TPSA) is 18.5 Å². The minimum Gasteiger partial charge on any atom is -0.344 e. The number of piperidine rings is 1. The van der Waals surface area contributed by atoms with Crippen molar-refractivity contribution < 1.29 is 0 Å². The highest BCUT2D eigenvalue weighted by Gasteiger charge is 2.15. The van der Waals surface area contributed by atoms with Gasteiger partial charge in [-0.2, -0.15) is 0 Å². The van der Waals surface area contributed by atoms with Crippen LogP contribution in [0, 0.1) is 6.92 Å². The molecular weight excluding hydrogens is 382 g/mol. The Bertz CT molecular complexity index is 736. The first kappa shape index (κ1) is 21.3. The molecule has 2 aromatic rings. The monoisotopic (exact) mass is 415 g/mol. The molecule has 0 amide bonds. The van der Waals surface area contributed by atoms with Crippen molar-refractivity contribution >= 4 is 34.4 Å². The maximum atomic E-state index is 5.87. The van der Waals surface area contributed by atoms with Crippen molar-refractivity contribution in [1.29, 1.82) is 0 Å². The summed E-state index contributed by atoms with van der Waals surface area (Å²) in [5.74, 6) is 0. The van der Waals surface area contributed by atoms with Crippen LogP contribution in [0.1, 0.15) is 48.6 Å². The van der Waals surface area contributed by atoms with E-state index in [2.05, 4.69) is 64.7 Å². The van der Waals surface area contributed by atoms with Crippen LogP contribution >= 0.6 is 23.6 Å². The normalized spacial score (nSPS) is 14.8. The van der Waals surface area contributed by atoms with Gasteiger partial charge in [0.1, 0.15) is 0 Å². The zero-order valence-corrected chi connectivity index (χ0v) is 18.9. The van der Waals surface area contributed by atoms with Gasteiger partial charge in [0.25, 0.3) is 0 Å². The van der Waals surface area contributed by atoms with E-state index in [9.17, 15) is 0 Å². The van der Waals surface area contributed by atoms with Crippen molar-refractivity contribution in [2.75, 3.05) is 31.5 Å². The molecule has 1 saturated heterocycles. The molecule has 1 aromatic heterocycles. The first-order valence-corrected chi connectivity index (χ1v) is 11.9. The van der Waals surface area contributed by atoms with Gasteiger partial charge in [0.2, 0.25) is 0 Å². The molecule has 0 spiro atoms. The first-order chi connectivity index (χ1) is 13.7. The van der Waals surface area contributed by atoms with Crippen LogP contribution in [0.3, 0.4) is 0 Å². The second kappa shape index (κ2) is 10.9. The maximum absolute atomic E-state index is 5.87. The van der Waals surface area contributed by atoms with Crippen LogP contribution in [-0.4, -0.2) is 41.1 Å². The Balaban J connectivity index is 1.64. The van der Waals surface area contributed by atoms with Gasteiger partial charge in [-0.25, -0.2) is 0 Å². The number of anilines is 1. The van der Waals surface area contributed by atoms with Gasteiger partial charge in [-0.05, 0) is 87.0 Å². The molecule has 1 fully saturated rings. The van der Waals surface area contributed by atoms with Gasteiger partial charge in [-0.15, -0.1) is 11.3 Å². The number of hydrogen-bond donors (Lipinski definition) is 1. The fraction of sp³-hybridized carbons (Fsp3) is 0.522. The highest BCUT2D eigenvalue weighted by Crippen LogP contribution is 2.22.